The molecule has 0 unspecified atom stereocenters. The maximum Gasteiger partial charge on any atom is 0.354 e. The number of carboxylic acid groups (broad SMARTS) is 1. The second kappa shape index (κ2) is 9.95. The largest absolute Gasteiger partial charge is 0.477 e. The summed E-state index contributed by atoms with van der Waals surface area (Å²) in [7, 11) is 0. The van der Waals surface area contributed by atoms with Crippen LogP contribution in [-0.2, 0) is 25.5 Å². The molecule has 1 N–H and O–H groups in total. The van der Waals surface area contributed by atoms with E-state index in [0.29, 0.717) is 0 Å². The Bertz CT molecular complexity index is 1290. The van der Waals surface area contributed by atoms with Crippen LogP contribution in [0.25, 0.3) is 11.3 Å². The molecule has 0 atom stereocenters. The van der Waals surface area contributed by atoms with Gasteiger partial charge in [-0.1, -0.05) is 45.7 Å². The van der Waals surface area contributed by atoms with Crippen LogP contribution in [0.2, 0.25) is 0 Å². The van der Waals surface area contributed by atoms with Gasteiger partial charge < -0.3 is 10.1 Å². The number of hydrogen-bond donors (Lipinski definition) is 1. The van der Waals surface area contributed by atoms with Crippen molar-refractivity contribution in [1.29, 1.82) is 0 Å². The van der Waals surface area contributed by atoms with Crippen LogP contribution >= 0.6 is 0 Å². The molecule has 2 aromatic heterocycles. The molecule has 0 aliphatic heterocycles. The summed E-state index contributed by atoms with van der Waals surface area (Å²) in [5.41, 5.74) is 16.9. The third-order valence-electron chi connectivity index (χ3n) is 8.05. The zero-order valence-electron chi connectivity index (χ0n) is 23.1. The summed E-state index contributed by atoms with van der Waals surface area (Å²) in [6.45, 7) is 25.3. The molecule has 0 saturated carbocycles. The van der Waals surface area contributed by atoms with E-state index in [4.69, 9.17) is 10.1 Å². The van der Waals surface area contributed by atoms with Crippen LogP contribution in [0.5, 0.6) is 0 Å². The summed E-state index contributed by atoms with van der Waals surface area (Å²) in [4.78, 5) is 19.7. The predicted octanol–water partition coefficient (Wildman–Crippen LogP) is 7.05. The maximum absolute atomic E-state index is 10.8. The van der Waals surface area contributed by atoms with Crippen molar-refractivity contribution in [2.75, 3.05) is 0 Å². The van der Waals surface area contributed by atoms with Gasteiger partial charge in [-0.2, -0.15) is 0 Å². The van der Waals surface area contributed by atoms with E-state index < -0.39 is 5.97 Å². The first-order valence-electron chi connectivity index (χ1n) is 11.8. The Morgan fingerprint density at radius 2 is 1.17 bits per heavy atom. The Hall–Kier alpha value is -2.36. The van der Waals surface area contributed by atoms with Crippen LogP contribution < -0.4 is 0 Å². The van der Waals surface area contributed by atoms with Gasteiger partial charge in [-0.25, -0.2) is 9.78 Å². The number of benzene rings is 1. The van der Waals surface area contributed by atoms with Gasteiger partial charge in [0.15, 0.2) is 5.69 Å². The fourth-order valence-corrected chi connectivity index (χ4v) is 5.25. The van der Waals surface area contributed by atoms with Gasteiger partial charge in [-0.3, -0.25) is 0 Å². The van der Waals surface area contributed by atoms with E-state index in [0.717, 1.165) is 33.8 Å². The Balaban J connectivity index is 0.000000268. The molecule has 4 rings (SSSR count). The number of carboxylic acids is 1. The zero-order chi connectivity index (χ0) is 25.9. The van der Waals surface area contributed by atoms with Crippen molar-refractivity contribution in [2.45, 2.75) is 88.5 Å². The quantitative estimate of drug-likeness (QED) is 0.287. The first kappa shape index (κ1) is 28.9. The van der Waals surface area contributed by atoms with Crippen LogP contribution in [-0.4, -0.2) is 21.0 Å². The van der Waals surface area contributed by atoms with E-state index in [1.165, 1.54) is 44.5 Å². The smallest absolute Gasteiger partial charge is 0.354 e. The molecule has 0 bridgehead atoms. The monoisotopic (exact) mass is 650 g/mol. The first-order valence-corrected chi connectivity index (χ1v) is 11.8. The van der Waals surface area contributed by atoms with Gasteiger partial charge in [0, 0.05) is 31.5 Å². The van der Waals surface area contributed by atoms with E-state index in [-0.39, 0.29) is 31.2 Å². The van der Waals surface area contributed by atoms with Gasteiger partial charge in [0.25, 0.3) is 0 Å². The molecule has 0 amide bonds. The minimum Gasteiger partial charge on any atom is -0.477 e. The number of aryl methyl sites for hydroxylation is 3. The Labute approximate surface area is 224 Å². The van der Waals surface area contributed by atoms with E-state index in [2.05, 4.69) is 66.4 Å². The second-order valence-corrected chi connectivity index (χ2v) is 10.3. The van der Waals surface area contributed by atoms with E-state index in [9.17, 15) is 4.79 Å². The molecule has 1 aliphatic carbocycles. The van der Waals surface area contributed by atoms with Crippen molar-refractivity contribution in [3.05, 3.63) is 78.8 Å². The molecular weight excluding hydrogens is 613 g/mol. The van der Waals surface area contributed by atoms with E-state index in [1.54, 1.807) is 6.92 Å². The van der Waals surface area contributed by atoms with Gasteiger partial charge in [0.2, 0.25) is 0 Å². The van der Waals surface area contributed by atoms with E-state index >= 15 is 0 Å². The predicted molar refractivity (Wildman–Crippen MR) is 139 cm³/mol. The van der Waals surface area contributed by atoms with Gasteiger partial charge in [-0.15, -0.1) is 33.9 Å². The third-order valence-corrected chi connectivity index (χ3v) is 8.05. The SMILES string of the molecule is Cc1[c-]c2c(c(C)c1C)C(C)(C)c1c-2nc(C)c(C)c1C.Cc1nc(C(=O)O)c(C)c(C)c1C.[Ir]. The van der Waals surface area contributed by atoms with Crippen LogP contribution in [0.1, 0.15) is 91.4 Å². The normalized spacial score (nSPS) is 12.8. The summed E-state index contributed by atoms with van der Waals surface area (Å²) in [5, 5.41) is 8.84. The molecule has 189 valence electrons. The zero-order valence-corrected chi connectivity index (χ0v) is 25.5. The van der Waals surface area contributed by atoms with Gasteiger partial charge in [0.1, 0.15) is 0 Å². The molecule has 1 aromatic carbocycles. The number of rotatable bonds is 1. The molecule has 3 aromatic rings. The van der Waals surface area contributed by atoms with Crippen molar-refractivity contribution in [3.8, 4) is 11.3 Å². The van der Waals surface area contributed by atoms with Crippen molar-refractivity contribution in [2.24, 2.45) is 0 Å². The molecule has 35 heavy (non-hydrogen) atoms. The summed E-state index contributed by atoms with van der Waals surface area (Å²) < 4.78 is 0. The van der Waals surface area contributed by atoms with Crippen LogP contribution in [0.4, 0.5) is 0 Å². The van der Waals surface area contributed by atoms with Crippen LogP contribution in [0.3, 0.4) is 0 Å². The second-order valence-electron chi connectivity index (χ2n) is 10.3. The van der Waals surface area contributed by atoms with Crippen molar-refractivity contribution < 1.29 is 30.0 Å². The number of pyridine rings is 2. The molecule has 0 fully saturated rings. The van der Waals surface area contributed by atoms with Crippen molar-refractivity contribution in [1.82, 2.24) is 9.97 Å². The van der Waals surface area contributed by atoms with E-state index in [1.807, 2.05) is 20.8 Å². The molecule has 2 heterocycles. The summed E-state index contributed by atoms with van der Waals surface area (Å²) in [6, 6.07) is 3.62. The number of aromatic nitrogens is 2. The minimum absolute atomic E-state index is 0. The fraction of sp³-hybridized carbons (Fsp3) is 0.433. The number of fused-ring (bicyclic) bond motifs is 3. The fourth-order valence-electron chi connectivity index (χ4n) is 5.25. The average Bonchev–Trinajstić information content (AvgIpc) is 2.97. The molecule has 1 radical (unpaired) electrons. The van der Waals surface area contributed by atoms with Crippen molar-refractivity contribution >= 4 is 5.97 Å². The summed E-state index contributed by atoms with van der Waals surface area (Å²) >= 11 is 0. The van der Waals surface area contributed by atoms with Crippen molar-refractivity contribution in [3.63, 3.8) is 0 Å². The van der Waals surface area contributed by atoms with Gasteiger partial charge in [0.05, 0.1) is 0 Å². The average molecular weight is 650 g/mol. The number of carbonyl (C=O) groups is 1. The molecule has 0 spiro atoms. The first-order chi connectivity index (χ1) is 15.6. The topological polar surface area (TPSA) is 63.1 Å². The molecular formula is C30H37IrN2O2-. The summed E-state index contributed by atoms with van der Waals surface area (Å²) in [5.74, 6) is -0.955. The molecule has 0 saturated heterocycles. The molecule has 5 heteroatoms. The number of hydrogen-bond acceptors (Lipinski definition) is 3. The Morgan fingerprint density at radius 3 is 1.71 bits per heavy atom. The number of nitrogens with zero attached hydrogens (tertiary/aromatic N) is 2. The molecule has 4 nitrogen and oxygen atoms in total. The molecule has 1 aliphatic rings. The van der Waals surface area contributed by atoms with Crippen LogP contribution in [0.15, 0.2) is 0 Å². The van der Waals surface area contributed by atoms with Crippen LogP contribution in [0, 0.1) is 75.3 Å². The summed E-state index contributed by atoms with van der Waals surface area (Å²) in [6.07, 6.45) is 0. The van der Waals surface area contributed by atoms with Gasteiger partial charge >= 0.3 is 5.97 Å². The Kier molecular flexibility index (Phi) is 8.21. The maximum atomic E-state index is 10.8. The standard InChI is InChI=1S/C20H24N.C10H13NO2.Ir/c1-10-9-16-17(13(4)11(10)2)20(7,8)18-14(5)12(3)15(6)21-19(16)18;1-5-6(2)8(4)11-9(7(5)3)10(12)13;/h1-8H3;1-4H3,(H,12,13);/q-1;;. The van der Waals surface area contributed by atoms with Gasteiger partial charge in [-0.05, 0) is 81.8 Å². The minimum atomic E-state index is -0.955. The number of aromatic carboxylic acids is 1. The third kappa shape index (κ3) is 4.61. The Morgan fingerprint density at radius 1 is 0.686 bits per heavy atom.